The van der Waals surface area contributed by atoms with Gasteiger partial charge in [0.15, 0.2) is 11.5 Å². The number of methoxy groups -OCH3 is 1. The summed E-state index contributed by atoms with van der Waals surface area (Å²) in [4.78, 5) is 12.4. The first-order valence-corrected chi connectivity index (χ1v) is 7.62. The fraction of sp³-hybridized carbons (Fsp3) is 0.278. The smallest absolute Gasteiger partial charge is 0.387 e. The van der Waals surface area contributed by atoms with Crippen LogP contribution in [0.5, 0.6) is 17.2 Å². The van der Waals surface area contributed by atoms with Crippen molar-refractivity contribution in [3.8, 4) is 17.2 Å². The van der Waals surface area contributed by atoms with E-state index in [1.807, 2.05) is 19.9 Å². The summed E-state index contributed by atoms with van der Waals surface area (Å²) >= 11 is 0. The number of hydrogen-bond acceptors (Lipinski definition) is 4. The first-order valence-electron chi connectivity index (χ1n) is 7.62. The van der Waals surface area contributed by atoms with Crippen LogP contribution in [0.15, 0.2) is 36.4 Å². The predicted molar refractivity (Wildman–Crippen MR) is 89.9 cm³/mol. The normalized spacial score (nSPS) is 10.5. The van der Waals surface area contributed by atoms with E-state index >= 15 is 0 Å². The Balaban J connectivity index is 2.26. The summed E-state index contributed by atoms with van der Waals surface area (Å²) in [7, 11) is 1.33. The van der Waals surface area contributed by atoms with E-state index in [-0.39, 0.29) is 17.1 Å². The number of rotatable bonds is 7. The van der Waals surface area contributed by atoms with Crippen molar-refractivity contribution in [2.75, 3.05) is 19.0 Å². The molecule has 2 aromatic carbocycles. The van der Waals surface area contributed by atoms with Gasteiger partial charge in [0, 0.05) is 5.56 Å². The van der Waals surface area contributed by atoms with E-state index in [1.54, 1.807) is 12.1 Å². The summed E-state index contributed by atoms with van der Waals surface area (Å²) in [5, 5.41) is 2.71. The van der Waals surface area contributed by atoms with Gasteiger partial charge in [-0.05, 0) is 49.7 Å². The molecule has 0 aliphatic rings. The van der Waals surface area contributed by atoms with Crippen molar-refractivity contribution in [1.82, 2.24) is 0 Å². The van der Waals surface area contributed by atoms with Gasteiger partial charge in [0.1, 0.15) is 5.75 Å². The molecule has 0 spiro atoms. The molecule has 0 atom stereocenters. The number of anilines is 1. The van der Waals surface area contributed by atoms with Crippen LogP contribution >= 0.6 is 0 Å². The van der Waals surface area contributed by atoms with Gasteiger partial charge in [-0.25, -0.2) is 0 Å². The fourth-order valence-electron chi connectivity index (χ4n) is 2.21. The summed E-state index contributed by atoms with van der Waals surface area (Å²) < 4.78 is 39.8. The summed E-state index contributed by atoms with van der Waals surface area (Å²) in [5.74, 6) is -0.0405. The monoisotopic (exact) mass is 351 g/mol. The lowest BCUT2D eigenvalue weighted by molar-refractivity contribution is -0.0512. The molecule has 7 heteroatoms. The second-order valence-electron chi connectivity index (χ2n) is 5.13. The molecule has 1 amide bonds. The Morgan fingerprint density at radius 2 is 1.88 bits per heavy atom. The number of alkyl halides is 2. The number of nitrogens with one attached hydrogen (secondary N) is 1. The quantitative estimate of drug-likeness (QED) is 0.810. The van der Waals surface area contributed by atoms with Crippen molar-refractivity contribution in [1.29, 1.82) is 0 Å². The molecule has 0 saturated carbocycles. The maximum atomic E-state index is 12.5. The number of carbonyl (C=O) groups excluding carboxylic acids is 1. The Bertz CT molecular complexity index is 750. The zero-order chi connectivity index (χ0) is 18.4. The highest BCUT2D eigenvalue weighted by atomic mass is 19.3. The maximum absolute atomic E-state index is 12.5. The molecule has 0 bridgehead atoms. The van der Waals surface area contributed by atoms with Gasteiger partial charge >= 0.3 is 6.61 Å². The molecule has 0 saturated heterocycles. The molecular formula is C18H19F2NO4. The van der Waals surface area contributed by atoms with E-state index in [1.165, 1.54) is 25.3 Å². The molecule has 0 fully saturated rings. The molecule has 0 aliphatic carbocycles. The minimum atomic E-state index is -3.02. The molecule has 0 radical (unpaired) electrons. The van der Waals surface area contributed by atoms with Crippen LogP contribution in [0.4, 0.5) is 14.5 Å². The van der Waals surface area contributed by atoms with Gasteiger partial charge in [-0.2, -0.15) is 8.78 Å². The van der Waals surface area contributed by atoms with E-state index in [0.29, 0.717) is 18.0 Å². The highest BCUT2D eigenvalue weighted by Crippen LogP contribution is 2.31. The molecule has 1 N–H and O–H groups in total. The van der Waals surface area contributed by atoms with Crippen molar-refractivity contribution in [3.05, 3.63) is 47.5 Å². The second kappa shape index (κ2) is 8.32. The summed E-state index contributed by atoms with van der Waals surface area (Å²) in [5.41, 5.74) is 1.63. The van der Waals surface area contributed by atoms with Crippen molar-refractivity contribution in [2.24, 2.45) is 0 Å². The molecule has 134 valence electrons. The van der Waals surface area contributed by atoms with Crippen LogP contribution in [0.3, 0.4) is 0 Å². The third-order valence-electron chi connectivity index (χ3n) is 3.33. The van der Waals surface area contributed by atoms with Gasteiger partial charge in [0.25, 0.3) is 5.91 Å². The van der Waals surface area contributed by atoms with Crippen LogP contribution in [0, 0.1) is 6.92 Å². The average Bonchev–Trinajstić information content (AvgIpc) is 2.57. The van der Waals surface area contributed by atoms with Gasteiger partial charge in [0.05, 0.1) is 19.4 Å². The number of ether oxygens (including phenoxy) is 3. The first kappa shape index (κ1) is 18.5. The Hall–Kier alpha value is -2.83. The second-order valence-corrected chi connectivity index (χ2v) is 5.13. The van der Waals surface area contributed by atoms with Gasteiger partial charge in [-0.15, -0.1) is 0 Å². The minimum Gasteiger partial charge on any atom is -0.493 e. The van der Waals surface area contributed by atoms with Crippen LogP contribution in [0.25, 0.3) is 0 Å². The van der Waals surface area contributed by atoms with E-state index in [0.717, 1.165) is 5.56 Å². The number of halogens is 2. The van der Waals surface area contributed by atoms with E-state index < -0.39 is 12.5 Å². The van der Waals surface area contributed by atoms with Crippen molar-refractivity contribution < 1.29 is 27.8 Å². The molecule has 5 nitrogen and oxygen atoms in total. The van der Waals surface area contributed by atoms with E-state index in [2.05, 4.69) is 10.1 Å². The Morgan fingerprint density at radius 3 is 2.52 bits per heavy atom. The molecule has 0 heterocycles. The molecule has 0 unspecified atom stereocenters. The van der Waals surface area contributed by atoms with E-state index in [9.17, 15) is 13.6 Å². The van der Waals surface area contributed by atoms with Crippen LogP contribution in [0.1, 0.15) is 22.8 Å². The van der Waals surface area contributed by atoms with Crippen LogP contribution < -0.4 is 19.5 Å². The standard InChI is InChI=1S/C18H19F2NO4/c1-4-24-15-9-11(2)5-7-13(15)21-17(22)12-6-8-14(23-3)16(10-12)25-18(19)20/h5-10,18H,4H2,1-3H3,(H,21,22). The zero-order valence-electron chi connectivity index (χ0n) is 14.1. The zero-order valence-corrected chi connectivity index (χ0v) is 14.1. The maximum Gasteiger partial charge on any atom is 0.387 e. The van der Waals surface area contributed by atoms with Gasteiger partial charge in [-0.1, -0.05) is 6.07 Å². The lowest BCUT2D eigenvalue weighted by atomic mass is 10.1. The third kappa shape index (κ3) is 4.82. The summed E-state index contributed by atoms with van der Waals surface area (Å²) in [6.45, 7) is 1.17. The summed E-state index contributed by atoms with van der Waals surface area (Å²) in [6, 6.07) is 9.41. The van der Waals surface area contributed by atoms with Crippen molar-refractivity contribution >= 4 is 11.6 Å². The SMILES string of the molecule is CCOc1cc(C)ccc1NC(=O)c1ccc(OC)c(OC(F)F)c1. The largest absolute Gasteiger partial charge is 0.493 e. The molecule has 2 rings (SSSR count). The Kier molecular flexibility index (Phi) is 6.16. The lowest BCUT2D eigenvalue weighted by Crippen LogP contribution is -2.14. The van der Waals surface area contributed by atoms with Gasteiger partial charge in [0.2, 0.25) is 0 Å². The lowest BCUT2D eigenvalue weighted by Gasteiger charge is -2.14. The molecule has 25 heavy (non-hydrogen) atoms. The molecular weight excluding hydrogens is 332 g/mol. The topological polar surface area (TPSA) is 56.8 Å². The molecule has 0 aromatic heterocycles. The van der Waals surface area contributed by atoms with Crippen LogP contribution in [-0.4, -0.2) is 26.2 Å². The van der Waals surface area contributed by atoms with Crippen molar-refractivity contribution in [2.45, 2.75) is 20.5 Å². The van der Waals surface area contributed by atoms with Crippen molar-refractivity contribution in [3.63, 3.8) is 0 Å². The fourth-order valence-corrected chi connectivity index (χ4v) is 2.21. The van der Waals surface area contributed by atoms with E-state index in [4.69, 9.17) is 9.47 Å². The highest BCUT2D eigenvalue weighted by Gasteiger charge is 2.16. The van der Waals surface area contributed by atoms with Crippen LogP contribution in [-0.2, 0) is 0 Å². The Labute approximate surface area is 144 Å². The summed E-state index contributed by atoms with van der Waals surface area (Å²) in [6.07, 6.45) is 0. The number of carbonyl (C=O) groups is 1. The average molecular weight is 351 g/mol. The number of amides is 1. The number of hydrogen-bond donors (Lipinski definition) is 1. The molecule has 0 aliphatic heterocycles. The van der Waals surface area contributed by atoms with Gasteiger partial charge < -0.3 is 19.5 Å². The van der Waals surface area contributed by atoms with Gasteiger partial charge in [-0.3, -0.25) is 4.79 Å². The minimum absolute atomic E-state index is 0.113. The van der Waals surface area contributed by atoms with Crippen LogP contribution in [0.2, 0.25) is 0 Å². The predicted octanol–water partition coefficient (Wildman–Crippen LogP) is 4.26. The number of aryl methyl sites for hydroxylation is 1. The highest BCUT2D eigenvalue weighted by molar-refractivity contribution is 6.05. The first-order chi connectivity index (χ1) is 11.9. The Morgan fingerprint density at radius 1 is 1.12 bits per heavy atom. The third-order valence-corrected chi connectivity index (χ3v) is 3.33. The number of benzene rings is 2. The molecule has 2 aromatic rings.